The van der Waals surface area contributed by atoms with Crippen LogP contribution in [0.15, 0.2) is 0 Å². The van der Waals surface area contributed by atoms with Gasteiger partial charge < -0.3 is 60.0 Å². The fourth-order valence-electron chi connectivity index (χ4n) is 17.0. The number of hydrogen-bond acceptors (Lipinski definition) is 12. The fraction of sp³-hybridized carbons (Fsp3) is 0.838. The molecule has 3 aliphatic heterocycles. The summed E-state index contributed by atoms with van der Waals surface area (Å²) in [6.45, 7) is 6.60. The number of piperidine rings is 2. The van der Waals surface area contributed by atoms with Gasteiger partial charge in [-0.3, -0.25) is 57.5 Å². The first-order valence-corrected chi connectivity index (χ1v) is 38.6. The standard InChI is InChI=1S/C74H120ClF3N12O12/c1-12-48(4)63-70(100)84(7)45-61(93)82(5)46-62(94)86(9)57(42-49-26-16-13-17-27-49)68(98)83(6)44-59(91)79-54(34-32-50-31-33-52(53(75)41-50)74(76,77)78)67(97)90-39-25-20-30-55(90)66(96)81-73(35-21-22-36-73)72(102)88(11)64(51-28-18-14-19-29-51)71(101)87(10)58(69(99)89-37-23-15-24-38-89)43-60(92)85(8)56(40-47(2)3)65(95)80-63/h47-58,63-64H,12-46H2,1-11H3,(H,79,91)(H,80,95)(H,81,96)/t48-,50?,52?,53?,54-,55-,56-,57-,58-,63-,64-/m0/s1. The zero-order valence-corrected chi connectivity index (χ0v) is 63.5. The topological polar surface area (TPSA) is 270 Å². The maximum absolute atomic E-state index is 15.9. The van der Waals surface area contributed by atoms with E-state index in [0.717, 1.165) is 67.6 Å². The molecule has 0 aromatic rings. The highest BCUT2D eigenvalue weighted by Crippen LogP contribution is 2.44. The predicted octanol–water partition coefficient (Wildman–Crippen LogP) is 6.87. The highest BCUT2D eigenvalue weighted by molar-refractivity contribution is 6.21. The Labute approximate surface area is 608 Å². The average Bonchev–Trinajstić information content (AvgIpc) is 1.39. The summed E-state index contributed by atoms with van der Waals surface area (Å²) in [4.78, 5) is 192. The molecule has 12 amide bonds. The summed E-state index contributed by atoms with van der Waals surface area (Å²) >= 11 is 6.43. The molecule has 0 radical (unpaired) electrons. The van der Waals surface area contributed by atoms with E-state index < -0.39 is 174 Å². The van der Waals surface area contributed by atoms with Crippen molar-refractivity contribution in [2.75, 3.05) is 88.6 Å². The zero-order valence-electron chi connectivity index (χ0n) is 62.8. The highest BCUT2D eigenvalue weighted by atomic mass is 35.5. The molecule has 24 nitrogen and oxygen atoms in total. The molecule has 0 bridgehead atoms. The van der Waals surface area contributed by atoms with Crippen molar-refractivity contribution in [2.24, 2.45) is 35.5 Å². The lowest BCUT2D eigenvalue weighted by molar-refractivity contribution is -0.182. The molecule has 3 unspecified atom stereocenters. The molecule has 7 aliphatic rings. The number of nitrogens with one attached hydrogen (secondary N) is 3. The summed E-state index contributed by atoms with van der Waals surface area (Å²) < 4.78 is 42.2. The Kier molecular flexibility index (Phi) is 30.6. The van der Waals surface area contributed by atoms with Gasteiger partial charge >= 0.3 is 6.18 Å². The first-order chi connectivity index (χ1) is 48.2. The summed E-state index contributed by atoms with van der Waals surface area (Å²) in [6, 6.07) is -8.53. The maximum atomic E-state index is 15.9. The summed E-state index contributed by atoms with van der Waals surface area (Å²) in [6.07, 6.45) is 8.61. The molecular formula is C74H120ClF3N12O12. The van der Waals surface area contributed by atoms with Gasteiger partial charge in [0, 0.05) is 74.3 Å². The number of carbonyl (C=O) groups excluding carboxylic acids is 12. The molecule has 11 atom stereocenters. The lowest BCUT2D eigenvalue weighted by atomic mass is 9.78. The molecule has 28 heteroatoms. The third-order valence-corrected chi connectivity index (χ3v) is 24.2. The Bertz CT molecular complexity index is 2940. The number of halogens is 4. The van der Waals surface area contributed by atoms with Gasteiger partial charge in [0.05, 0.1) is 32.0 Å². The van der Waals surface area contributed by atoms with Crippen LogP contribution in [0.2, 0.25) is 0 Å². The van der Waals surface area contributed by atoms with Gasteiger partial charge in [-0.15, -0.1) is 11.6 Å². The van der Waals surface area contributed by atoms with E-state index in [1.807, 2.05) is 20.8 Å². The SMILES string of the molecule is CC[C@H](C)[C@@H]1NC(=O)[C@H](CC(C)C)N(C)C(=O)C[C@@H](C(=O)N2CCCCC2)N(C)C(=O)[C@H](C2CCCCC2)N(C)C(=O)C2(CCCC2)NC(=O)[C@@H]2CCCCN2C(=O)[C@H](CCC2CCC(C(F)(F)F)C(Cl)C2)NC(=O)CN(C)C(=O)[C@H](CC2CCCCC2)N(C)C(=O)CN(C)C(=O)CN(C)C1=O. The van der Waals surface area contributed by atoms with E-state index in [-0.39, 0.29) is 88.5 Å². The van der Waals surface area contributed by atoms with Gasteiger partial charge in [-0.25, -0.2) is 0 Å². The predicted molar refractivity (Wildman–Crippen MR) is 379 cm³/mol. The van der Waals surface area contributed by atoms with Crippen molar-refractivity contribution in [1.82, 2.24) is 60.0 Å². The van der Waals surface area contributed by atoms with Crippen molar-refractivity contribution in [3.8, 4) is 0 Å². The minimum Gasteiger partial charge on any atom is -0.343 e. The van der Waals surface area contributed by atoms with Gasteiger partial charge in [-0.2, -0.15) is 13.2 Å². The number of likely N-dealkylation sites (N-methyl/N-ethyl adjacent to an activating group) is 7. The van der Waals surface area contributed by atoms with Gasteiger partial charge in [0.1, 0.15) is 47.8 Å². The minimum absolute atomic E-state index is 0.00311. The highest BCUT2D eigenvalue weighted by Gasteiger charge is 2.52. The number of carbonyl (C=O) groups is 12. The molecule has 4 saturated carbocycles. The first kappa shape index (κ1) is 83.0. The van der Waals surface area contributed by atoms with Crippen LogP contribution in [-0.4, -0.2) is 263 Å². The second kappa shape index (κ2) is 37.6. The maximum Gasteiger partial charge on any atom is 0.393 e. The summed E-state index contributed by atoms with van der Waals surface area (Å²) in [5.41, 5.74) is -1.55. The van der Waals surface area contributed by atoms with E-state index in [4.69, 9.17) is 11.6 Å². The van der Waals surface area contributed by atoms with Gasteiger partial charge in [0.2, 0.25) is 70.9 Å². The average molecular weight is 1460 g/mol. The van der Waals surface area contributed by atoms with Crippen molar-refractivity contribution in [3.63, 3.8) is 0 Å². The van der Waals surface area contributed by atoms with Gasteiger partial charge in [0.25, 0.3) is 0 Å². The first-order valence-electron chi connectivity index (χ1n) is 38.2. The van der Waals surface area contributed by atoms with Crippen molar-refractivity contribution >= 4 is 82.5 Å². The van der Waals surface area contributed by atoms with Gasteiger partial charge in [-0.05, 0) is 139 Å². The van der Waals surface area contributed by atoms with Crippen molar-refractivity contribution in [1.29, 1.82) is 0 Å². The molecule has 1 spiro atoms. The molecule has 0 aromatic heterocycles. The van der Waals surface area contributed by atoms with Gasteiger partial charge in [0.15, 0.2) is 0 Å². The molecule has 7 rings (SSSR count). The number of hydrogen-bond donors (Lipinski definition) is 3. The number of nitrogens with zero attached hydrogens (tertiary/aromatic N) is 9. The molecule has 4 aliphatic carbocycles. The summed E-state index contributed by atoms with van der Waals surface area (Å²) in [5.74, 6) is -10.5. The molecule has 0 aromatic carbocycles. The normalized spacial score (nSPS) is 29.9. The number of likely N-dealkylation sites (tertiary alicyclic amines) is 1. The van der Waals surface area contributed by atoms with E-state index >= 15 is 28.8 Å². The van der Waals surface area contributed by atoms with Crippen LogP contribution < -0.4 is 16.0 Å². The van der Waals surface area contributed by atoms with E-state index in [1.54, 1.807) is 18.9 Å². The lowest BCUT2D eigenvalue weighted by Gasteiger charge is -2.44. The minimum atomic E-state index is -4.51. The Morgan fingerprint density at radius 2 is 1.15 bits per heavy atom. The smallest absolute Gasteiger partial charge is 0.343 e. The van der Waals surface area contributed by atoms with Crippen molar-refractivity contribution in [2.45, 2.75) is 273 Å². The van der Waals surface area contributed by atoms with E-state index in [0.29, 0.717) is 70.9 Å². The molecule has 102 heavy (non-hydrogen) atoms. The van der Waals surface area contributed by atoms with Crippen molar-refractivity contribution < 1.29 is 70.7 Å². The van der Waals surface area contributed by atoms with E-state index in [9.17, 15) is 41.9 Å². The van der Waals surface area contributed by atoms with Crippen LogP contribution in [0.3, 0.4) is 0 Å². The van der Waals surface area contributed by atoms with Crippen LogP contribution in [0.4, 0.5) is 13.2 Å². The Balaban J connectivity index is 1.29. The monoisotopic (exact) mass is 1460 g/mol. The van der Waals surface area contributed by atoms with Crippen LogP contribution in [0.25, 0.3) is 0 Å². The quantitative estimate of drug-likeness (QED) is 0.179. The zero-order chi connectivity index (χ0) is 75.1. The number of alkyl halides is 4. The Morgan fingerprint density at radius 1 is 0.569 bits per heavy atom. The van der Waals surface area contributed by atoms with Crippen LogP contribution in [0, 0.1) is 35.5 Å². The fourth-order valence-corrected chi connectivity index (χ4v) is 17.5. The second-order valence-corrected chi connectivity index (χ2v) is 32.2. The van der Waals surface area contributed by atoms with Gasteiger partial charge in [-0.1, -0.05) is 98.3 Å². The number of fused-ring (bicyclic) bond motifs is 1. The van der Waals surface area contributed by atoms with E-state index in [2.05, 4.69) is 16.0 Å². The van der Waals surface area contributed by atoms with Crippen LogP contribution >= 0.6 is 11.6 Å². The molecule has 3 N–H and O–H groups in total. The Morgan fingerprint density at radius 3 is 1.75 bits per heavy atom. The second-order valence-electron chi connectivity index (χ2n) is 31.6. The van der Waals surface area contributed by atoms with Crippen LogP contribution in [0.1, 0.15) is 214 Å². The number of amides is 12. The molecule has 3 heterocycles. The summed E-state index contributed by atoms with van der Waals surface area (Å²) in [5, 5.41) is 7.70. The van der Waals surface area contributed by atoms with Crippen molar-refractivity contribution in [3.05, 3.63) is 0 Å². The lowest BCUT2D eigenvalue weighted by Crippen LogP contribution is -2.66. The molecule has 3 saturated heterocycles. The third-order valence-electron chi connectivity index (χ3n) is 23.7. The van der Waals surface area contributed by atoms with Crippen LogP contribution in [0.5, 0.6) is 0 Å². The third kappa shape index (κ3) is 21.2. The largest absolute Gasteiger partial charge is 0.393 e. The number of rotatable bonds is 11. The summed E-state index contributed by atoms with van der Waals surface area (Å²) in [7, 11) is 10.1. The van der Waals surface area contributed by atoms with Crippen LogP contribution in [-0.2, 0) is 57.5 Å². The molecule has 7 fully saturated rings. The Hall–Kier alpha value is -6.28. The van der Waals surface area contributed by atoms with E-state index in [1.165, 1.54) is 71.7 Å². The molecular weight excluding hydrogens is 1340 g/mol. The molecule has 576 valence electrons.